The molecule has 0 aromatic heterocycles. The number of anilines is 2. The van der Waals surface area contributed by atoms with Crippen LogP contribution in [0.4, 0.5) is 11.4 Å². The van der Waals surface area contributed by atoms with Crippen molar-refractivity contribution in [2.24, 2.45) is 0 Å². The van der Waals surface area contributed by atoms with Crippen molar-refractivity contribution in [3.8, 4) is 0 Å². The highest BCUT2D eigenvalue weighted by Crippen LogP contribution is 2.30. The van der Waals surface area contributed by atoms with E-state index >= 15 is 0 Å². The number of allylic oxidation sites excluding steroid dienone is 7. The molecule has 2 aromatic rings. The van der Waals surface area contributed by atoms with Crippen LogP contribution in [0.2, 0.25) is 0 Å². The number of benzene rings is 2. The van der Waals surface area contributed by atoms with E-state index in [1.165, 1.54) is 0 Å². The van der Waals surface area contributed by atoms with Crippen LogP contribution in [-0.4, -0.2) is 61.8 Å². The maximum absolute atomic E-state index is 13.0. The molecule has 1 heterocycles. The first-order valence-corrected chi connectivity index (χ1v) is 12.8. The lowest BCUT2D eigenvalue weighted by molar-refractivity contribution is -0.140. The van der Waals surface area contributed by atoms with Crippen molar-refractivity contribution in [3.05, 3.63) is 106 Å². The van der Waals surface area contributed by atoms with E-state index in [2.05, 4.69) is 48.5 Å². The summed E-state index contributed by atoms with van der Waals surface area (Å²) in [6, 6.07) is 16.4. The number of rotatable bonds is 8. The highest BCUT2D eigenvalue weighted by molar-refractivity contribution is 7.80. The zero-order valence-corrected chi connectivity index (χ0v) is 23.2. The minimum Gasteiger partial charge on any atom is -0.480 e. The van der Waals surface area contributed by atoms with Gasteiger partial charge in [0.25, 0.3) is 11.1 Å². The predicted octanol–water partition coefficient (Wildman–Crippen LogP) is 5.28. The summed E-state index contributed by atoms with van der Waals surface area (Å²) in [5, 5.41) is 9.01. The number of carboxylic acid groups (broad SMARTS) is 1. The average Bonchev–Trinajstić information content (AvgIpc) is 3.19. The van der Waals surface area contributed by atoms with Crippen LogP contribution in [0, 0.1) is 0 Å². The summed E-state index contributed by atoms with van der Waals surface area (Å²) >= 11 is 5.14. The summed E-state index contributed by atoms with van der Waals surface area (Å²) in [5.74, 6) is -1.69. The summed E-state index contributed by atoms with van der Waals surface area (Å²) in [5.41, 5.74) is 6.81. The second-order valence-electron chi connectivity index (χ2n) is 9.69. The summed E-state index contributed by atoms with van der Waals surface area (Å²) in [6.45, 7) is -0.548. The molecule has 0 unspecified atom stereocenters. The van der Waals surface area contributed by atoms with E-state index in [0.29, 0.717) is 12.0 Å². The third-order valence-electron chi connectivity index (χ3n) is 6.29. The Morgan fingerprint density at radius 2 is 1.33 bits per heavy atom. The summed E-state index contributed by atoms with van der Waals surface area (Å²) < 4.78 is 5.60. The fourth-order valence-corrected chi connectivity index (χ4v) is 4.37. The Morgan fingerprint density at radius 3 is 1.74 bits per heavy atom. The number of nitrogens with zero attached hydrogens (tertiary/aromatic N) is 3. The Bertz CT molecular complexity index is 1350. The van der Waals surface area contributed by atoms with Crippen LogP contribution in [0.3, 0.4) is 0 Å². The normalized spacial score (nSPS) is 17.5. The second-order valence-corrected chi connectivity index (χ2v) is 10.0. The largest absolute Gasteiger partial charge is 0.480 e. The molecule has 200 valence electrons. The van der Waals surface area contributed by atoms with Crippen molar-refractivity contribution in [1.82, 2.24) is 4.90 Å². The van der Waals surface area contributed by atoms with E-state index < -0.39 is 18.4 Å². The summed E-state index contributed by atoms with van der Waals surface area (Å²) in [4.78, 5) is 29.3. The van der Waals surface area contributed by atoms with Gasteiger partial charge in [-0.25, -0.2) is 0 Å². The van der Waals surface area contributed by atoms with E-state index in [4.69, 9.17) is 22.1 Å². The molecule has 1 aliphatic carbocycles. The molecule has 39 heavy (non-hydrogen) atoms. The van der Waals surface area contributed by atoms with Crippen molar-refractivity contribution < 1.29 is 19.4 Å². The predicted molar refractivity (Wildman–Crippen MR) is 160 cm³/mol. The lowest BCUT2D eigenvalue weighted by atomic mass is 9.92. The average molecular weight is 542 g/mol. The Kier molecular flexibility index (Phi) is 8.46. The van der Waals surface area contributed by atoms with Crippen molar-refractivity contribution in [2.45, 2.75) is 6.42 Å². The van der Waals surface area contributed by atoms with Crippen molar-refractivity contribution in [2.75, 3.05) is 44.5 Å². The molecule has 2 aromatic carbocycles. The SMILES string of the molecule is CN(C)c1ccc(/C=C\C2=CC(=C3\OC(=S)N(CC(=O)O)C3=O)/C=C(/C=C/c3ccc(N(C)C)cc3)C2)cc1. The third-order valence-corrected chi connectivity index (χ3v) is 6.60. The third kappa shape index (κ3) is 6.91. The van der Waals surface area contributed by atoms with Gasteiger partial charge in [0.2, 0.25) is 5.76 Å². The molecule has 0 bridgehead atoms. The Hall–Kier alpha value is -4.43. The lowest BCUT2D eigenvalue weighted by Gasteiger charge is -2.14. The minimum atomic E-state index is -1.16. The highest BCUT2D eigenvalue weighted by Gasteiger charge is 2.36. The van der Waals surface area contributed by atoms with Crippen molar-refractivity contribution in [1.29, 1.82) is 0 Å². The van der Waals surface area contributed by atoms with Gasteiger partial charge in [-0.2, -0.15) is 0 Å². The number of ether oxygens (including phenoxy) is 1. The molecule has 1 saturated heterocycles. The van der Waals surface area contributed by atoms with Crippen molar-refractivity contribution >= 4 is 52.8 Å². The van der Waals surface area contributed by atoms with Crippen LogP contribution in [0.25, 0.3) is 12.2 Å². The number of hydrogen-bond acceptors (Lipinski definition) is 6. The molecule has 0 spiro atoms. The van der Waals surface area contributed by atoms with Crippen LogP contribution in [0.15, 0.2) is 95.3 Å². The van der Waals surface area contributed by atoms with Gasteiger partial charge in [-0.1, -0.05) is 48.6 Å². The van der Waals surface area contributed by atoms with Gasteiger partial charge in [0.1, 0.15) is 6.54 Å². The van der Waals surface area contributed by atoms with Crippen LogP contribution in [0.5, 0.6) is 0 Å². The summed E-state index contributed by atoms with van der Waals surface area (Å²) in [6.07, 6.45) is 12.5. The first-order chi connectivity index (χ1) is 18.6. The minimum absolute atomic E-state index is 0.0309. The molecule has 1 amide bonds. The van der Waals surface area contributed by atoms with E-state index in [-0.39, 0.29) is 10.9 Å². The molecular formula is C31H31N3O4S. The molecule has 1 N–H and O–H groups in total. The molecule has 4 rings (SSSR count). The molecule has 7 nitrogen and oxygen atoms in total. The van der Waals surface area contributed by atoms with Gasteiger partial charge >= 0.3 is 5.97 Å². The lowest BCUT2D eigenvalue weighted by Crippen LogP contribution is -2.33. The first-order valence-electron chi connectivity index (χ1n) is 12.4. The Morgan fingerprint density at radius 1 is 0.872 bits per heavy atom. The molecule has 1 fully saturated rings. The molecule has 1 aliphatic heterocycles. The zero-order valence-electron chi connectivity index (χ0n) is 22.4. The maximum atomic E-state index is 13.0. The number of carbonyl (C=O) groups is 2. The fraction of sp³-hybridized carbons (Fsp3) is 0.194. The number of thiocarbonyl (C=S) groups is 1. The number of amides is 1. The number of hydrogen-bond donors (Lipinski definition) is 1. The highest BCUT2D eigenvalue weighted by atomic mass is 32.1. The van der Waals surface area contributed by atoms with E-state index in [0.717, 1.165) is 38.5 Å². The molecule has 0 saturated carbocycles. The van der Waals surface area contributed by atoms with E-state index in [1.54, 1.807) is 0 Å². The van der Waals surface area contributed by atoms with Gasteiger partial charge in [-0.05, 0) is 77.3 Å². The number of aliphatic carboxylic acids is 1. The van der Waals surface area contributed by atoms with E-state index in [9.17, 15) is 9.59 Å². The Labute approximate surface area is 234 Å². The van der Waals surface area contributed by atoms with Crippen LogP contribution in [-0.2, 0) is 14.3 Å². The molecule has 8 heteroatoms. The molecular weight excluding hydrogens is 510 g/mol. The van der Waals surface area contributed by atoms with Gasteiger partial charge < -0.3 is 19.6 Å². The summed E-state index contributed by atoms with van der Waals surface area (Å²) in [7, 11) is 8.00. The smallest absolute Gasteiger partial charge is 0.323 e. The van der Waals surface area contributed by atoms with Crippen molar-refractivity contribution in [3.63, 3.8) is 0 Å². The van der Waals surface area contributed by atoms with Gasteiger partial charge in [0.05, 0.1) is 0 Å². The molecule has 0 radical (unpaired) electrons. The Balaban J connectivity index is 1.65. The number of carbonyl (C=O) groups excluding carboxylic acids is 1. The van der Waals surface area contributed by atoms with Crippen LogP contribution in [0.1, 0.15) is 17.5 Å². The quantitative estimate of drug-likeness (QED) is 0.360. The van der Waals surface area contributed by atoms with Gasteiger partial charge in [-0.3, -0.25) is 14.5 Å². The maximum Gasteiger partial charge on any atom is 0.323 e. The zero-order chi connectivity index (χ0) is 28.1. The van der Waals surface area contributed by atoms with Gasteiger partial charge in [0.15, 0.2) is 0 Å². The van der Waals surface area contributed by atoms with Gasteiger partial charge in [0, 0.05) is 45.1 Å². The number of carboxylic acids is 1. The van der Waals surface area contributed by atoms with Crippen LogP contribution < -0.4 is 9.80 Å². The molecule has 2 aliphatic rings. The van der Waals surface area contributed by atoms with E-state index in [1.807, 2.05) is 74.4 Å². The van der Waals surface area contributed by atoms with Gasteiger partial charge in [-0.15, -0.1) is 0 Å². The topological polar surface area (TPSA) is 73.3 Å². The van der Waals surface area contributed by atoms with Crippen LogP contribution >= 0.6 is 12.2 Å². The second kappa shape index (κ2) is 12.0. The molecule has 0 atom stereocenters. The standard InChI is InChI=1S/C31H31N3O4S/c1-32(2)26-13-9-21(10-14-26)5-7-23-17-24(8-6-22-11-15-27(16-12-22)33(3)4)19-25(18-23)29-30(37)34(20-28(35)36)31(39)38-29/h5-16,18-19H,17,20H2,1-4H3,(H,35,36)/b7-5-,8-6+,29-25+. The fourth-order valence-electron chi connectivity index (χ4n) is 4.14. The monoisotopic (exact) mass is 541 g/mol. The first kappa shape index (κ1) is 27.6.